The number of furan rings is 2. The predicted molar refractivity (Wildman–Crippen MR) is 88.8 cm³/mol. The van der Waals surface area contributed by atoms with Crippen LogP contribution in [0, 0.1) is 0 Å². The third-order valence-corrected chi connectivity index (χ3v) is 4.58. The van der Waals surface area contributed by atoms with E-state index in [9.17, 15) is 18.3 Å². The third kappa shape index (κ3) is 4.29. The molecule has 2 aromatic heterocycles. The molecule has 0 unspecified atom stereocenters. The summed E-state index contributed by atoms with van der Waals surface area (Å²) in [4.78, 5) is 0. The van der Waals surface area contributed by atoms with Crippen molar-refractivity contribution in [2.45, 2.75) is 24.3 Å². The van der Waals surface area contributed by atoms with Crippen LogP contribution < -0.4 is 0 Å². The van der Waals surface area contributed by atoms with Crippen molar-refractivity contribution in [2.75, 3.05) is 0 Å². The van der Waals surface area contributed by atoms with Crippen LogP contribution >= 0.6 is 11.8 Å². The summed E-state index contributed by atoms with van der Waals surface area (Å²) in [7, 11) is 0. The maximum Gasteiger partial charge on any atom is 0.416 e. The van der Waals surface area contributed by atoms with Gasteiger partial charge >= 0.3 is 6.18 Å². The van der Waals surface area contributed by atoms with Gasteiger partial charge in [0.1, 0.15) is 17.3 Å². The smallest absolute Gasteiger partial charge is 0.416 e. The molecule has 1 N–H and O–H groups in total. The minimum Gasteiger partial charge on any atom is -0.468 e. The molecule has 25 heavy (non-hydrogen) atoms. The van der Waals surface area contributed by atoms with E-state index in [0.29, 0.717) is 34.2 Å². The maximum absolute atomic E-state index is 12.6. The van der Waals surface area contributed by atoms with Gasteiger partial charge in [0.15, 0.2) is 0 Å². The van der Waals surface area contributed by atoms with E-state index >= 15 is 0 Å². The van der Waals surface area contributed by atoms with E-state index in [4.69, 9.17) is 8.83 Å². The molecule has 0 aliphatic rings. The molecule has 7 heteroatoms. The van der Waals surface area contributed by atoms with Crippen LogP contribution in [0.5, 0.6) is 0 Å². The summed E-state index contributed by atoms with van der Waals surface area (Å²) >= 11 is 1.56. The molecule has 0 spiro atoms. The van der Waals surface area contributed by atoms with Gasteiger partial charge in [-0.2, -0.15) is 13.2 Å². The van der Waals surface area contributed by atoms with Gasteiger partial charge in [0.25, 0.3) is 0 Å². The molecular weight excluding hydrogens is 353 g/mol. The molecule has 0 saturated heterocycles. The monoisotopic (exact) mass is 368 g/mol. The van der Waals surface area contributed by atoms with Crippen molar-refractivity contribution >= 4 is 11.8 Å². The van der Waals surface area contributed by atoms with Crippen LogP contribution in [0.15, 0.2) is 57.6 Å². The first-order valence-corrected chi connectivity index (χ1v) is 8.63. The molecule has 132 valence electrons. The zero-order valence-corrected chi connectivity index (χ0v) is 13.9. The lowest BCUT2D eigenvalue weighted by Crippen LogP contribution is -2.03. The SMILES string of the molecule is OCc1cc(-c2ccc(C(F)(F)F)cc2)oc1CSCc1ccco1. The summed E-state index contributed by atoms with van der Waals surface area (Å²) < 4.78 is 48.9. The number of thioether (sulfide) groups is 1. The van der Waals surface area contributed by atoms with Gasteiger partial charge in [-0.05, 0) is 30.3 Å². The van der Waals surface area contributed by atoms with E-state index in [1.165, 1.54) is 12.1 Å². The van der Waals surface area contributed by atoms with Crippen molar-refractivity contribution in [3.8, 4) is 11.3 Å². The van der Waals surface area contributed by atoms with E-state index in [1.54, 1.807) is 24.1 Å². The molecule has 0 radical (unpaired) electrons. The molecule has 0 aliphatic carbocycles. The molecule has 0 atom stereocenters. The second-order valence-corrected chi connectivity index (χ2v) is 6.35. The number of aliphatic hydroxyl groups is 1. The Morgan fingerprint density at radius 1 is 1.04 bits per heavy atom. The molecule has 0 saturated carbocycles. The molecular formula is C18H15F3O3S. The lowest BCUT2D eigenvalue weighted by molar-refractivity contribution is -0.137. The van der Waals surface area contributed by atoms with Gasteiger partial charge in [-0.1, -0.05) is 12.1 Å². The Hall–Kier alpha value is -2.12. The fourth-order valence-corrected chi connectivity index (χ4v) is 3.22. The molecule has 0 aliphatic heterocycles. The Labute approximate surface area is 146 Å². The number of hydrogen-bond acceptors (Lipinski definition) is 4. The number of hydrogen-bond donors (Lipinski definition) is 1. The molecule has 3 rings (SSSR count). The highest BCUT2D eigenvalue weighted by Crippen LogP contribution is 2.33. The van der Waals surface area contributed by atoms with Gasteiger partial charge in [-0.15, -0.1) is 11.8 Å². The van der Waals surface area contributed by atoms with Gasteiger partial charge in [0, 0.05) is 11.1 Å². The average molecular weight is 368 g/mol. The van der Waals surface area contributed by atoms with Gasteiger partial charge in [0.05, 0.1) is 29.9 Å². The van der Waals surface area contributed by atoms with E-state index < -0.39 is 11.7 Å². The first-order chi connectivity index (χ1) is 12.0. The van der Waals surface area contributed by atoms with Crippen molar-refractivity contribution < 1.29 is 27.1 Å². The summed E-state index contributed by atoms with van der Waals surface area (Å²) in [5.41, 5.74) is 0.450. The van der Waals surface area contributed by atoms with Crippen molar-refractivity contribution in [3.63, 3.8) is 0 Å². The molecule has 3 nitrogen and oxygen atoms in total. The first kappa shape index (κ1) is 17.7. The van der Waals surface area contributed by atoms with Crippen LogP contribution in [0.3, 0.4) is 0 Å². The molecule has 1 aromatic carbocycles. The Bertz CT molecular complexity index is 805. The van der Waals surface area contributed by atoms with E-state index in [-0.39, 0.29) is 6.61 Å². The summed E-state index contributed by atoms with van der Waals surface area (Å²) in [6.45, 7) is -0.194. The second-order valence-electron chi connectivity index (χ2n) is 5.36. The lowest BCUT2D eigenvalue weighted by Gasteiger charge is -2.06. The summed E-state index contributed by atoms with van der Waals surface area (Å²) in [5, 5.41) is 9.48. The highest BCUT2D eigenvalue weighted by atomic mass is 32.2. The standard InChI is InChI=1S/C18H15F3O3S/c19-18(20,21)14-5-3-12(4-6-14)16-8-13(9-22)17(24-16)11-25-10-15-2-1-7-23-15/h1-8,22H,9-11H2. The molecule has 0 fully saturated rings. The molecule has 0 amide bonds. The highest BCUT2D eigenvalue weighted by molar-refractivity contribution is 7.97. The van der Waals surface area contributed by atoms with Gasteiger partial charge in [-0.3, -0.25) is 0 Å². The van der Waals surface area contributed by atoms with E-state index in [2.05, 4.69) is 0 Å². The zero-order chi connectivity index (χ0) is 17.9. The van der Waals surface area contributed by atoms with Crippen LogP contribution in [-0.2, 0) is 24.3 Å². The number of halogens is 3. The van der Waals surface area contributed by atoms with Crippen LogP contribution in [0.4, 0.5) is 13.2 Å². The quantitative estimate of drug-likeness (QED) is 0.625. The highest BCUT2D eigenvalue weighted by Gasteiger charge is 2.30. The Morgan fingerprint density at radius 2 is 1.80 bits per heavy atom. The van der Waals surface area contributed by atoms with Crippen molar-refractivity contribution in [3.05, 3.63) is 71.4 Å². The van der Waals surface area contributed by atoms with Gasteiger partial charge < -0.3 is 13.9 Å². The van der Waals surface area contributed by atoms with Crippen molar-refractivity contribution in [1.82, 2.24) is 0 Å². The second kappa shape index (κ2) is 7.41. The van der Waals surface area contributed by atoms with Gasteiger partial charge in [0.2, 0.25) is 0 Å². The summed E-state index contributed by atoms with van der Waals surface area (Å²) in [6.07, 6.45) is -2.77. The Balaban J connectivity index is 1.73. The molecule has 2 heterocycles. The third-order valence-electron chi connectivity index (χ3n) is 3.62. The minimum atomic E-state index is -4.37. The van der Waals surface area contributed by atoms with Crippen molar-refractivity contribution in [2.24, 2.45) is 0 Å². The number of aliphatic hydroxyl groups excluding tert-OH is 1. The van der Waals surface area contributed by atoms with Crippen LogP contribution in [0.1, 0.15) is 22.6 Å². The topological polar surface area (TPSA) is 46.5 Å². The molecule has 0 bridgehead atoms. The largest absolute Gasteiger partial charge is 0.468 e. The summed E-state index contributed by atoms with van der Waals surface area (Å²) in [6, 6.07) is 10.1. The number of alkyl halides is 3. The predicted octanol–water partition coefficient (Wildman–Crippen LogP) is 5.48. The lowest BCUT2D eigenvalue weighted by atomic mass is 10.1. The first-order valence-electron chi connectivity index (χ1n) is 7.47. The Kier molecular flexibility index (Phi) is 5.24. The van der Waals surface area contributed by atoms with Crippen LogP contribution in [-0.4, -0.2) is 5.11 Å². The maximum atomic E-state index is 12.6. The van der Waals surface area contributed by atoms with Crippen LogP contribution in [0.2, 0.25) is 0 Å². The van der Waals surface area contributed by atoms with E-state index in [1.807, 2.05) is 12.1 Å². The zero-order valence-electron chi connectivity index (χ0n) is 13.0. The van der Waals surface area contributed by atoms with Gasteiger partial charge in [-0.25, -0.2) is 0 Å². The van der Waals surface area contributed by atoms with E-state index in [0.717, 1.165) is 17.9 Å². The normalized spacial score (nSPS) is 11.8. The minimum absolute atomic E-state index is 0.194. The van der Waals surface area contributed by atoms with Crippen molar-refractivity contribution in [1.29, 1.82) is 0 Å². The fourth-order valence-electron chi connectivity index (χ4n) is 2.33. The average Bonchev–Trinajstić information content (AvgIpc) is 3.24. The number of rotatable bonds is 6. The fraction of sp³-hybridized carbons (Fsp3) is 0.222. The summed E-state index contributed by atoms with van der Waals surface area (Å²) in [5.74, 6) is 3.07. The number of benzene rings is 1. The Morgan fingerprint density at radius 3 is 2.40 bits per heavy atom. The molecule has 3 aromatic rings. The van der Waals surface area contributed by atoms with Crippen LogP contribution in [0.25, 0.3) is 11.3 Å².